The number of primary amides is 1. The van der Waals surface area contributed by atoms with E-state index in [0.717, 1.165) is 5.56 Å². The molecule has 0 saturated carbocycles. The Labute approximate surface area is 204 Å². The van der Waals surface area contributed by atoms with E-state index in [1.165, 1.54) is 25.4 Å². The molecule has 3 atom stereocenters. The van der Waals surface area contributed by atoms with Crippen LogP contribution in [0, 0.1) is 5.92 Å². The smallest absolute Gasteiger partial charge is 0.270 e. The molecule has 0 radical (unpaired) electrons. The van der Waals surface area contributed by atoms with Crippen LogP contribution >= 0.6 is 11.3 Å². The fourth-order valence-electron chi connectivity index (χ4n) is 4.75. The zero-order chi connectivity index (χ0) is 24.9. The Balaban J connectivity index is 1.67. The number of hydrogen-bond acceptors (Lipinski definition) is 8. The number of hydrogen-bond donors (Lipinski definition) is 1. The number of fused-ring (bicyclic) bond motifs is 6. The monoisotopic (exact) mass is 493 g/mol. The number of benzene rings is 2. The van der Waals surface area contributed by atoms with Gasteiger partial charge < -0.3 is 19.9 Å². The predicted octanol–water partition coefficient (Wildman–Crippen LogP) is 1.15. The minimum absolute atomic E-state index is 0.101. The van der Waals surface area contributed by atoms with Gasteiger partial charge in [-0.15, -0.1) is 0 Å². The Morgan fingerprint density at radius 3 is 2.74 bits per heavy atom. The molecule has 1 aromatic heterocycles. The summed E-state index contributed by atoms with van der Waals surface area (Å²) in [7, 11) is 1.49. The molecule has 2 aromatic carbocycles. The van der Waals surface area contributed by atoms with Crippen LogP contribution in [0.5, 0.6) is 17.2 Å². The minimum Gasteiger partial charge on any atom is -0.493 e. The molecule has 180 valence electrons. The van der Waals surface area contributed by atoms with Crippen LogP contribution < -0.4 is 34.8 Å². The van der Waals surface area contributed by atoms with Gasteiger partial charge in [0.25, 0.3) is 11.5 Å². The van der Waals surface area contributed by atoms with Crippen molar-refractivity contribution in [1.29, 1.82) is 0 Å². The molecule has 0 unspecified atom stereocenters. The zero-order valence-corrected chi connectivity index (χ0v) is 20.1. The van der Waals surface area contributed by atoms with E-state index in [-0.39, 0.29) is 17.9 Å². The summed E-state index contributed by atoms with van der Waals surface area (Å²) in [5.41, 5.74) is 5.26. The van der Waals surface area contributed by atoms with E-state index in [0.29, 0.717) is 32.1 Å². The average molecular weight is 494 g/mol. The van der Waals surface area contributed by atoms with Crippen molar-refractivity contribution < 1.29 is 23.8 Å². The molecule has 0 aliphatic carbocycles. The summed E-state index contributed by atoms with van der Waals surface area (Å²) in [5, 5.41) is 0. The molecule has 3 heterocycles. The molecule has 10 heteroatoms. The van der Waals surface area contributed by atoms with Crippen molar-refractivity contribution in [2.45, 2.75) is 25.6 Å². The van der Waals surface area contributed by atoms with Gasteiger partial charge in [-0.05, 0) is 43.7 Å². The largest absolute Gasteiger partial charge is 0.493 e. The van der Waals surface area contributed by atoms with Gasteiger partial charge in [0, 0.05) is 5.56 Å². The maximum Gasteiger partial charge on any atom is 0.270 e. The van der Waals surface area contributed by atoms with Crippen molar-refractivity contribution in [3.63, 3.8) is 0 Å². The second-order valence-electron chi connectivity index (χ2n) is 8.57. The molecule has 1 amide bonds. The van der Waals surface area contributed by atoms with Crippen molar-refractivity contribution in [3.8, 4) is 17.2 Å². The number of methoxy groups -OCH3 is 1. The van der Waals surface area contributed by atoms with Crippen molar-refractivity contribution in [2.75, 3.05) is 13.7 Å². The summed E-state index contributed by atoms with van der Waals surface area (Å²) < 4.78 is 19.0. The predicted molar refractivity (Wildman–Crippen MR) is 128 cm³/mol. The minimum atomic E-state index is -1.12. The van der Waals surface area contributed by atoms with Gasteiger partial charge in [-0.3, -0.25) is 19.0 Å². The summed E-state index contributed by atoms with van der Waals surface area (Å²) in [5.74, 6) is 0.0152. The average Bonchev–Trinajstić information content (AvgIpc) is 3.10. The number of para-hydroxylation sites is 1. The highest BCUT2D eigenvalue weighted by atomic mass is 32.1. The van der Waals surface area contributed by atoms with E-state index < -0.39 is 23.6 Å². The molecule has 5 rings (SSSR count). The number of carbonyl (C=O) groups excluding carboxylic acids is 2. The van der Waals surface area contributed by atoms with E-state index in [9.17, 15) is 14.4 Å². The van der Waals surface area contributed by atoms with Crippen LogP contribution in [-0.2, 0) is 9.59 Å². The molecular formula is C25H23N3O6S. The van der Waals surface area contributed by atoms with E-state index >= 15 is 0 Å². The van der Waals surface area contributed by atoms with Crippen LogP contribution in [0.25, 0.3) is 6.08 Å². The van der Waals surface area contributed by atoms with Gasteiger partial charge in [-0.1, -0.05) is 35.6 Å². The zero-order valence-electron chi connectivity index (χ0n) is 19.3. The number of amides is 1. The summed E-state index contributed by atoms with van der Waals surface area (Å²) in [6.07, 6.45) is 1.71. The van der Waals surface area contributed by atoms with Crippen molar-refractivity contribution >= 4 is 29.1 Å². The molecule has 2 bridgehead atoms. The second-order valence-corrected chi connectivity index (χ2v) is 9.58. The molecule has 9 nitrogen and oxygen atoms in total. The Bertz CT molecular complexity index is 1540. The number of Topliss-reactive ketones (excluding diaryl/α,β-unsaturated/α-hetero) is 1. The first-order valence-corrected chi connectivity index (χ1v) is 11.7. The Hall–Kier alpha value is -3.92. The molecular weight excluding hydrogens is 470 g/mol. The third kappa shape index (κ3) is 3.79. The lowest BCUT2D eigenvalue weighted by atomic mass is 9.79. The standard InChI is InChI=1S/C25H23N3O6S/c1-13(29)21-22-15-6-4-5-7-16(15)34-25(21,2)27-24-28(22)23(31)19(35-24)11-14-8-9-17(32-3)18(10-14)33-12-20(26)30/h4-11,21-22H,12H2,1-3H3,(H2,26,30)/b19-11-/t21-,22+,25-/m0/s1. The fraction of sp³-hybridized carbons (Fsp3) is 0.280. The van der Waals surface area contributed by atoms with Crippen LogP contribution in [0.3, 0.4) is 0 Å². The van der Waals surface area contributed by atoms with E-state index in [2.05, 4.69) is 0 Å². The molecule has 3 aromatic rings. The summed E-state index contributed by atoms with van der Waals surface area (Å²) in [4.78, 5) is 42.7. The number of ether oxygens (including phenoxy) is 3. The number of nitrogens with two attached hydrogens (primary N) is 1. The Kier molecular flexibility index (Phi) is 5.47. The quantitative estimate of drug-likeness (QED) is 0.550. The number of aromatic nitrogens is 1. The van der Waals surface area contributed by atoms with Gasteiger partial charge in [-0.2, -0.15) is 0 Å². The van der Waals surface area contributed by atoms with E-state index in [4.69, 9.17) is 24.9 Å². The number of ketones is 1. The van der Waals surface area contributed by atoms with E-state index in [1.807, 2.05) is 24.3 Å². The fourth-order valence-corrected chi connectivity index (χ4v) is 5.85. The number of thiazole rings is 1. The molecule has 0 spiro atoms. The first-order chi connectivity index (χ1) is 16.7. The summed E-state index contributed by atoms with van der Waals surface area (Å²) >= 11 is 1.23. The molecule has 35 heavy (non-hydrogen) atoms. The number of rotatable bonds is 6. The lowest BCUT2D eigenvalue weighted by Crippen LogP contribution is -2.58. The first-order valence-electron chi connectivity index (χ1n) is 10.9. The van der Waals surface area contributed by atoms with Crippen LogP contribution in [-0.4, -0.2) is 35.7 Å². The highest BCUT2D eigenvalue weighted by molar-refractivity contribution is 7.07. The summed E-state index contributed by atoms with van der Waals surface area (Å²) in [6, 6.07) is 12.0. The lowest BCUT2D eigenvalue weighted by Gasteiger charge is -2.45. The topological polar surface area (TPSA) is 122 Å². The third-order valence-electron chi connectivity index (χ3n) is 6.17. The molecule has 0 saturated heterocycles. The maximum absolute atomic E-state index is 13.6. The van der Waals surface area contributed by atoms with Crippen molar-refractivity contribution in [3.05, 3.63) is 73.3 Å². The molecule has 2 aliphatic rings. The van der Waals surface area contributed by atoms with Gasteiger partial charge in [0.2, 0.25) is 5.72 Å². The van der Waals surface area contributed by atoms with Gasteiger partial charge >= 0.3 is 0 Å². The van der Waals surface area contributed by atoms with Crippen LogP contribution in [0.1, 0.15) is 31.0 Å². The van der Waals surface area contributed by atoms with Gasteiger partial charge in [0.15, 0.2) is 22.9 Å². The second kappa shape index (κ2) is 8.38. The van der Waals surface area contributed by atoms with Gasteiger partial charge in [-0.25, -0.2) is 4.99 Å². The highest BCUT2D eigenvalue weighted by Gasteiger charge is 2.53. The number of nitrogens with zero attached hydrogens (tertiary/aromatic N) is 2. The SMILES string of the molecule is COc1ccc(/C=c2\sc3n(c2=O)[C@@H]2c4ccccc4O[C@](C)(N=3)[C@H]2C(C)=O)cc1OCC(N)=O. The molecule has 2 aliphatic heterocycles. The van der Waals surface area contributed by atoms with Crippen LogP contribution in [0.2, 0.25) is 0 Å². The first kappa shape index (κ1) is 22.9. The maximum atomic E-state index is 13.6. The Morgan fingerprint density at radius 1 is 1.26 bits per heavy atom. The van der Waals surface area contributed by atoms with Gasteiger partial charge in [0.1, 0.15) is 17.5 Å². The van der Waals surface area contributed by atoms with Crippen LogP contribution in [0.4, 0.5) is 0 Å². The van der Waals surface area contributed by atoms with Crippen molar-refractivity contribution in [2.24, 2.45) is 16.6 Å². The Morgan fingerprint density at radius 2 is 2.03 bits per heavy atom. The molecule has 2 N–H and O–H groups in total. The summed E-state index contributed by atoms with van der Waals surface area (Å²) in [6.45, 7) is 2.98. The third-order valence-corrected chi connectivity index (χ3v) is 7.16. The normalized spacial score (nSPS) is 22.3. The molecule has 0 fully saturated rings. The lowest BCUT2D eigenvalue weighted by molar-refractivity contribution is -0.132. The van der Waals surface area contributed by atoms with Crippen LogP contribution in [0.15, 0.2) is 52.3 Å². The van der Waals surface area contributed by atoms with Crippen molar-refractivity contribution in [1.82, 2.24) is 4.57 Å². The number of carbonyl (C=O) groups is 2. The highest BCUT2D eigenvalue weighted by Crippen LogP contribution is 2.47. The van der Waals surface area contributed by atoms with E-state index in [1.54, 1.807) is 35.8 Å². The van der Waals surface area contributed by atoms with Gasteiger partial charge in [0.05, 0.1) is 17.7 Å².